The quantitative estimate of drug-likeness (QED) is 0.170. The third-order valence-corrected chi connectivity index (χ3v) is 12.0. The smallest absolute Gasteiger partial charge is 0.160 e. The van der Waals surface area contributed by atoms with Gasteiger partial charge in [0.1, 0.15) is 0 Å². The minimum atomic E-state index is 0.00236. The fourth-order valence-corrected chi connectivity index (χ4v) is 9.11. The first-order chi connectivity index (χ1) is 28.5. The summed E-state index contributed by atoms with van der Waals surface area (Å²) in [7, 11) is 0. The van der Waals surface area contributed by atoms with Gasteiger partial charge in [0, 0.05) is 38.6 Å². The topological polar surface area (TPSA) is 30.7 Å². The van der Waals surface area contributed by atoms with Crippen molar-refractivity contribution in [1.29, 1.82) is 0 Å². The lowest BCUT2D eigenvalue weighted by Gasteiger charge is -2.21. The average molecular weight is 742 g/mol. The van der Waals surface area contributed by atoms with Crippen LogP contribution in [0.25, 0.3) is 94.8 Å². The summed E-state index contributed by atoms with van der Waals surface area (Å²) in [5.41, 5.74) is 18.6. The minimum absolute atomic E-state index is 0.00236. The highest BCUT2D eigenvalue weighted by molar-refractivity contribution is 6.14. The van der Waals surface area contributed by atoms with E-state index in [1.807, 2.05) is 24.3 Å². The molecule has 1 aliphatic carbocycles. The van der Waals surface area contributed by atoms with Gasteiger partial charge in [0.25, 0.3) is 0 Å². The summed E-state index contributed by atoms with van der Waals surface area (Å²) in [6.45, 7) is 4.67. The minimum Gasteiger partial charge on any atom is -0.309 e. The van der Waals surface area contributed by atoms with E-state index in [0.29, 0.717) is 5.82 Å². The molecule has 0 aliphatic heterocycles. The lowest BCUT2D eigenvalue weighted by molar-refractivity contribution is 0.660. The molecule has 0 atom stereocenters. The van der Waals surface area contributed by atoms with Crippen LogP contribution >= 0.6 is 0 Å². The summed E-state index contributed by atoms with van der Waals surface area (Å²) < 4.78 is 2.40. The van der Waals surface area contributed by atoms with Crippen LogP contribution < -0.4 is 0 Å². The Bertz CT molecular complexity index is 3100. The van der Waals surface area contributed by atoms with E-state index < -0.39 is 0 Å². The van der Waals surface area contributed by atoms with Gasteiger partial charge in [0.05, 0.1) is 22.4 Å². The first-order valence-electron chi connectivity index (χ1n) is 20.0. The molecule has 0 spiro atoms. The SMILES string of the molecule is CC1(C)c2ccccc2-c2cc(-c3ccc(-c4ccc5c(c4)c4cccc(-c6cc(-c7ccccc7)nc(-c7ccccc7)n6)c4n5-c4ccccc4)cc3)ccc21. The molecule has 2 aromatic heterocycles. The van der Waals surface area contributed by atoms with Gasteiger partial charge < -0.3 is 4.57 Å². The Balaban J connectivity index is 1.05. The van der Waals surface area contributed by atoms with Crippen LogP contribution in [-0.2, 0) is 5.41 Å². The van der Waals surface area contributed by atoms with Gasteiger partial charge in [-0.05, 0) is 80.9 Å². The molecule has 0 N–H and O–H groups in total. The number of rotatable bonds is 6. The summed E-state index contributed by atoms with van der Waals surface area (Å²) in [4.78, 5) is 10.4. The Kier molecular flexibility index (Phi) is 7.84. The number of aromatic nitrogens is 3. The van der Waals surface area contributed by atoms with Crippen molar-refractivity contribution in [2.24, 2.45) is 0 Å². The van der Waals surface area contributed by atoms with Gasteiger partial charge in [-0.3, -0.25) is 0 Å². The summed E-state index contributed by atoms with van der Waals surface area (Å²) in [5, 5.41) is 2.38. The molecule has 0 radical (unpaired) electrons. The van der Waals surface area contributed by atoms with Crippen molar-refractivity contribution < 1.29 is 0 Å². The lowest BCUT2D eigenvalue weighted by Crippen LogP contribution is -2.14. The zero-order chi connectivity index (χ0) is 38.8. The number of benzene rings is 8. The first-order valence-corrected chi connectivity index (χ1v) is 20.0. The molecule has 8 aromatic carbocycles. The molecule has 2 heterocycles. The number of hydrogen-bond donors (Lipinski definition) is 0. The van der Waals surface area contributed by atoms with Crippen molar-refractivity contribution >= 4 is 21.8 Å². The number of fused-ring (bicyclic) bond motifs is 6. The molecule has 0 amide bonds. The predicted molar refractivity (Wildman–Crippen MR) is 241 cm³/mol. The molecule has 10 aromatic rings. The third-order valence-electron chi connectivity index (χ3n) is 12.0. The van der Waals surface area contributed by atoms with E-state index in [-0.39, 0.29) is 5.41 Å². The van der Waals surface area contributed by atoms with Gasteiger partial charge in [0.15, 0.2) is 5.82 Å². The maximum absolute atomic E-state index is 5.27. The van der Waals surface area contributed by atoms with Crippen LogP contribution in [0.3, 0.4) is 0 Å². The fraction of sp³-hybridized carbons (Fsp3) is 0.0545. The molecular weight excluding hydrogens is 703 g/mol. The molecule has 3 nitrogen and oxygen atoms in total. The predicted octanol–water partition coefficient (Wildman–Crippen LogP) is 14.2. The summed E-state index contributed by atoms with van der Waals surface area (Å²) in [6, 6.07) is 71.9. The van der Waals surface area contributed by atoms with Crippen LogP contribution in [0.2, 0.25) is 0 Å². The van der Waals surface area contributed by atoms with Crippen molar-refractivity contribution in [3.63, 3.8) is 0 Å². The second kappa shape index (κ2) is 13.4. The number of para-hydroxylation sites is 2. The normalized spacial score (nSPS) is 12.8. The molecule has 1 aliphatic rings. The van der Waals surface area contributed by atoms with Gasteiger partial charge in [0.2, 0.25) is 0 Å². The number of hydrogen-bond acceptors (Lipinski definition) is 2. The van der Waals surface area contributed by atoms with Gasteiger partial charge in [-0.1, -0.05) is 178 Å². The second-order valence-corrected chi connectivity index (χ2v) is 15.8. The van der Waals surface area contributed by atoms with Crippen molar-refractivity contribution in [3.05, 3.63) is 211 Å². The van der Waals surface area contributed by atoms with E-state index in [9.17, 15) is 0 Å². The third kappa shape index (κ3) is 5.50. The molecule has 274 valence electrons. The van der Waals surface area contributed by atoms with Gasteiger partial charge in [-0.25, -0.2) is 9.97 Å². The standard InChI is InChI=1S/C55H39N3/c1-55(2)48-24-13-12-21-43(48)46-33-40(29-31-49(46)55)36-25-27-37(28-26-36)41-30-32-52-47(34-41)44-22-14-23-45(53(44)58(52)42-19-10-5-11-20-42)51-35-50(38-15-6-3-7-16-38)56-54(57-51)39-17-8-4-9-18-39/h3-35H,1-2H3. The maximum atomic E-state index is 5.27. The summed E-state index contributed by atoms with van der Waals surface area (Å²) in [5.74, 6) is 0.704. The van der Waals surface area contributed by atoms with Gasteiger partial charge >= 0.3 is 0 Å². The van der Waals surface area contributed by atoms with Gasteiger partial charge in [-0.15, -0.1) is 0 Å². The average Bonchev–Trinajstić information content (AvgIpc) is 3.75. The Hall–Kier alpha value is -7.36. The molecule has 0 saturated heterocycles. The van der Waals surface area contributed by atoms with E-state index in [0.717, 1.165) is 44.8 Å². The Morgan fingerprint density at radius 1 is 0.379 bits per heavy atom. The highest BCUT2D eigenvalue weighted by Gasteiger charge is 2.35. The first kappa shape index (κ1) is 33.9. The molecule has 3 heteroatoms. The van der Waals surface area contributed by atoms with Gasteiger partial charge in [-0.2, -0.15) is 0 Å². The van der Waals surface area contributed by atoms with E-state index >= 15 is 0 Å². The van der Waals surface area contributed by atoms with Crippen molar-refractivity contribution in [1.82, 2.24) is 14.5 Å². The van der Waals surface area contributed by atoms with Crippen LogP contribution in [0, 0.1) is 0 Å². The molecule has 0 saturated carbocycles. The monoisotopic (exact) mass is 741 g/mol. The van der Waals surface area contributed by atoms with E-state index in [1.165, 1.54) is 55.3 Å². The number of nitrogens with zero attached hydrogens (tertiary/aromatic N) is 3. The van der Waals surface area contributed by atoms with Crippen LogP contribution in [0.15, 0.2) is 200 Å². The molecule has 0 fully saturated rings. The maximum Gasteiger partial charge on any atom is 0.160 e. The molecule has 58 heavy (non-hydrogen) atoms. The molecule has 0 unspecified atom stereocenters. The highest BCUT2D eigenvalue weighted by atomic mass is 15.0. The van der Waals surface area contributed by atoms with Crippen LogP contribution in [0.5, 0.6) is 0 Å². The van der Waals surface area contributed by atoms with Crippen LogP contribution in [0.1, 0.15) is 25.0 Å². The van der Waals surface area contributed by atoms with Crippen molar-refractivity contribution in [3.8, 4) is 73.0 Å². The lowest BCUT2D eigenvalue weighted by atomic mass is 9.82. The summed E-state index contributed by atoms with van der Waals surface area (Å²) >= 11 is 0. The van der Waals surface area contributed by atoms with E-state index in [4.69, 9.17) is 9.97 Å². The Morgan fingerprint density at radius 3 is 1.69 bits per heavy atom. The zero-order valence-corrected chi connectivity index (χ0v) is 32.4. The van der Waals surface area contributed by atoms with Crippen molar-refractivity contribution in [2.45, 2.75) is 19.3 Å². The van der Waals surface area contributed by atoms with Crippen LogP contribution in [0.4, 0.5) is 0 Å². The Labute approximate surface area is 338 Å². The van der Waals surface area contributed by atoms with Crippen molar-refractivity contribution in [2.75, 3.05) is 0 Å². The largest absolute Gasteiger partial charge is 0.309 e. The summed E-state index contributed by atoms with van der Waals surface area (Å²) in [6.07, 6.45) is 0. The van der Waals surface area contributed by atoms with E-state index in [2.05, 4.69) is 194 Å². The molecular formula is C55H39N3. The van der Waals surface area contributed by atoms with Crippen LogP contribution in [-0.4, -0.2) is 14.5 Å². The Morgan fingerprint density at radius 2 is 0.948 bits per heavy atom. The molecule has 11 rings (SSSR count). The fourth-order valence-electron chi connectivity index (χ4n) is 9.11. The van der Waals surface area contributed by atoms with E-state index in [1.54, 1.807) is 0 Å². The zero-order valence-electron chi connectivity index (χ0n) is 32.4. The second-order valence-electron chi connectivity index (χ2n) is 15.8. The molecule has 0 bridgehead atoms. The highest BCUT2D eigenvalue weighted by Crippen LogP contribution is 2.49.